The van der Waals surface area contributed by atoms with E-state index in [-0.39, 0.29) is 12.6 Å². The highest BCUT2D eigenvalue weighted by Gasteiger charge is 2.19. The number of nitrogens with zero attached hydrogens (tertiary/aromatic N) is 1. The van der Waals surface area contributed by atoms with Gasteiger partial charge < -0.3 is 20.5 Å². The van der Waals surface area contributed by atoms with Crippen LogP contribution in [0.3, 0.4) is 0 Å². The van der Waals surface area contributed by atoms with Gasteiger partial charge in [0.15, 0.2) is 6.10 Å². The number of benzene rings is 1. The van der Waals surface area contributed by atoms with E-state index >= 15 is 0 Å². The maximum Gasteiger partial charge on any atom is 0.339 e. The highest BCUT2D eigenvalue weighted by molar-refractivity contribution is 5.76. The SMILES string of the molecule is CCN(CC)CCCC(N)COC(=O)C(O)c1ccccc1. The highest BCUT2D eigenvalue weighted by Crippen LogP contribution is 2.13. The summed E-state index contributed by atoms with van der Waals surface area (Å²) in [5.41, 5.74) is 6.48. The van der Waals surface area contributed by atoms with Gasteiger partial charge in [-0.2, -0.15) is 0 Å². The molecule has 0 spiro atoms. The number of nitrogens with two attached hydrogens (primary N) is 1. The Morgan fingerprint density at radius 3 is 2.50 bits per heavy atom. The third-order valence-corrected chi connectivity index (χ3v) is 3.72. The first kappa shape index (κ1) is 18.6. The molecule has 3 N–H and O–H groups in total. The van der Waals surface area contributed by atoms with Crippen molar-refractivity contribution in [2.45, 2.75) is 38.8 Å². The molecule has 0 amide bonds. The van der Waals surface area contributed by atoms with E-state index in [1.54, 1.807) is 24.3 Å². The fraction of sp³-hybridized carbons (Fsp3) is 0.588. The van der Waals surface area contributed by atoms with Crippen LogP contribution in [0.2, 0.25) is 0 Å². The molecule has 0 heterocycles. The Kier molecular flexibility index (Phi) is 8.74. The minimum Gasteiger partial charge on any atom is -0.462 e. The van der Waals surface area contributed by atoms with Gasteiger partial charge in [0.2, 0.25) is 0 Å². The van der Waals surface area contributed by atoms with Crippen LogP contribution >= 0.6 is 0 Å². The van der Waals surface area contributed by atoms with Gasteiger partial charge in [-0.1, -0.05) is 44.2 Å². The second-order valence-corrected chi connectivity index (χ2v) is 5.37. The molecular weight excluding hydrogens is 280 g/mol. The number of aliphatic hydroxyl groups excluding tert-OH is 1. The summed E-state index contributed by atoms with van der Waals surface area (Å²) in [5, 5.41) is 9.89. The lowest BCUT2D eigenvalue weighted by molar-refractivity contribution is -0.154. The zero-order valence-corrected chi connectivity index (χ0v) is 13.6. The number of ether oxygens (including phenoxy) is 1. The second-order valence-electron chi connectivity index (χ2n) is 5.37. The average molecular weight is 308 g/mol. The van der Waals surface area contributed by atoms with Crippen LogP contribution in [-0.4, -0.2) is 48.3 Å². The molecule has 0 aliphatic carbocycles. The molecule has 0 aliphatic rings. The lowest BCUT2D eigenvalue weighted by Gasteiger charge is -2.19. The van der Waals surface area contributed by atoms with E-state index < -0.39 is 12.1 Å². The molecule has 0 radical (unpaired) electrons. The first-order chi connectivity index (χ1) is 10.6. The van der Waals surface area contributed by atoms with Gasteiger partial charge in [-0.25, -0.2) is 4.79 Å². The van der Waals surface area contributed by atoms with Gasteiger partial charge in [0, 0.05) is 6.04 Å². The molecule has 1 rings (SSSR count). The molecule has 0 saturated heterocycles. The van der Waals surface area contributed by atoms with E-state index in [1.807, 2.05) is 6.07 Å². The zero-order valence-electron chi connectivity index (χ0n) is 13.6. The topological polar surface area (TPSA) is 75.8 Å². The van der Waals surface area contributed by atoms with Gasteiger partial charge in [0.25, 0.3) is 0 Å². The summed E-state index contributed by atoms with van der Waals surface area (Å²) in [5.74, 6) is -0.648. The Morgan fingerprint density at radius 1 is 1.27 bits per heavy atom. The molecule has 0 aromatic heterocycles. The molecule has 5 heteroatoms. The van der Waals surface area contributed by atoms with Gasteiger partial charge in [-0.05, 0) is 38.0 Å². The first-order valence-corrected chi connectivity index (χ1v) is 7.96. The highest BCUT2D eigenvalue weighted by atomic mass is 16.5. The summed E-state index contributed by atoms with van der Waals surface area (Å²) in [6.45, 7) is 7.47. The monoisotopic (exact) mass is 308 g/mol. The van der Waals surface area contributed by atoms with E-state index in [0.717, 1.165) is 32.5 Å². The largest absolute Gasteiger partial charge is 0.462 e. The van der Waals surface area contributed by atoms with Gasteiger partial charge in [0.1, 0.15) is 6.61 Å². The van der Waals surface area contributed by atoms with E-state index in [9.17, 15) is 9.90 Å². The molecule has 0 aliphatic heterocycles. The maximum atomic E-state index is 11.8. The lowest BCUT2D eigenvalue weighted by Crippen LogP contribution is -2.31. The second kappa shape index (κ2) is 10.3. The third-order valence-electron chi connectivity index (χ3n) is 3.72. The Morgan fingerprint density at radius 2 is 1.91 bits per heavy atom. The van der Waals surface area contributed by atoms with Crippen molar-refractivity contribution in [1.29, 1.82) is 0 Å². The predicted octanol–water partition coefficient (Wildman–Crippen LogP) is 1.71. The summed E-state index contributed by atoms with van der Waals surface area (Å²) < 4.78 is 5.10. The van der Waals surface area contributed by atoms with Crippen LogP contribution in [0.25, 0.3) is 0 Å². The number of hydrogen-bond donors (Lipinski definition) is 2. The molecular formula is C17H28N2O3. The number of esters is 1. The normalized spacial score (nSPS) is 13.9. The van der Waals surface area contributed by atoms with Crippen molar-refractivity contribution >= 4 is 5.97 Å². The van der Waals surface area contributed by atoms with Gasteiger partial charge in [-0.3, -0.25) is 0 Å². The van der Waals surface area contributed by atoms with Crippen molar-refractivity contribution in [3.63, 3.8) is 0 Å². The Hall–Kier alpha value is -1.43. The van der Waals surface area contributed by atoms with Gasteiger partial charge >= 0.3 is 5.97 Å². The van der Waals surface area contributed by atoms with Crippen molar-refractivity contribution in [2.24, 2.45) is 5.73 Å². The van der Waals surface area contributed by atoms with Crippen LogP contribution in [0, 0.1) is 0 Å². The first-order valence-electron chi connectivity index (χ1n) is 7.96. The molecule has 2 unspecified atom stereocenters. The summed E-state index contributed by atoms with van der Waals surface area (Å²) in [6.07, 6.45) is 0.524. The molecule has 1 aromatic carbocycles. The number of hydrogen-bond acceptors (Lipinski definition) is 5. The van der Waals surface area contributed by atoms with E-state index in [1.165, 1.54) is 0 Å². The van der Waals surface area contributed by atoms with Crippen molar-refractivity contribution in [3.05, 3.63) is 35.9 Å². The molecule has 1 aromatic rings. The fourth-order valence-corrected chi connectivity index (χ4v) is 2.24. The minimum atomic E-state index is -1.25. The van der Waals surface area contributed by atoms with E-state index in [2.05, 4.69) is 18.7 Å². The number of aliphatic hydroxyl groups is 1. The quantitative estimate of drug-likeness (QED) is 0.644. The van der Waals surface area contributed by atoms with E-state index in [0.29, 0.717) is 5.56 Å². The average Bonchev–Trinajstić information content (AvgIpc) is 2.56. The van der Waals surface area contributed by atoms with Gasteiger partial charge in [0.05, 0.1) is 0 Å². The van der Waals surface area contributed by atoms with Crippen LogP contribution in [0.5, 0.6) is 0 Å². The molecule has 22 heavy (non-hydrogen) atoms. The predicted molar refractivity (Wildman–Crippen MR) is 87.4 cm³/mol. The molecule has 0 fully saturated rings. The fourth-order valence-electron chi connectivity index (χ4n) is 2.24. The number of carbonyl (C=O) groups excluding carboxylic acids is 1. The number of rotatable bonds is 10. The third kappa shape index (κ3) is 6.56. The maximum absolute atomic E-state index is 11.8. The minimum absolute atomic E-state index is 0.140. The molecule has 0 bridgehead atoms. The summed E-state index contributed by atoms with van der Waals surface area (Å²) in [4.78, 5) is 14.1. The van der Waals surface area contributed by atoms with Crippen molar-refractivity contribution in [3.8, 4) is 0 Å². The van der Waals surface area contributed by atoms with E-state index in [4.69, 9.17) is 10.5 Å². The van der Waals surface area contributed by atoms with Crippen molar-refractivity contribution in [2.75, 3.05) is 26.2 Å². The summed E-state index contributed by atoms with van der Waals surface area (Å²) >= 11 is 0. The van der Waals surface area contributed by atoms with Crippen LogP contribution in [0.1, 0.15) is 38.4 Å². The van der Waals surface area contributed by atoms with Crippen LogP contribution < -0.4 is 5.73 Å². The van der Waals surface area contributed by atoms with Crippen LogP contribution in [0.15, 0.2) is 30.3 Å². The Bertz CT molecular complexity index is 421. The lowest BCUT2D eigenvalue weighted by atomic mass is 10.1. The van der Waals surface area contributed by atoms with Crippen LogP contribution in [0.4, 0.5) is 0 Å². The summed E-state index contributed by atoms with van der Waals surface area (Å²) in [6, 6.07) is 8.55. The molecule has 5 nitrogen and oxygen atoms in total. The molecule has 124 valence electrons. The molecule has 0 saturated carbocycles. The van der Waals surface area contributed by atoms with Gasteiger partial charge in [-0.15, -0.1) is 0 Å². The Labute approximate surface area is 133 Å². The van der Waals surface area contributed by atoms with Crippen LogP contribution in [-0.2, 0) is 9.53 Å². The van der Waals surface area contributed by atoms with Crippen molar-refractivity contribution < 1.29 is 14.6 Å². The zero-order chi connectivity index (χ0) is 16.4. The smallest absolute Gasteiger partial charge is 0.339 e. The molecule has 2 atom stereocenters. The number of carbonyl (C=O) groups is 1. The Balaban J connectivity index is 2.26. The van der Waals surface area contributed by atoms with Crippen molar-refractivity contribution in [1.82, 2.24) is 4.90 Å². The summed E-state index contributed by atoms with van der Waals surface area (Å²) in [7, 11) is 0. The standard InChI is InChI=1S/C17H28N2O3/c1-3-19(4-2)12-8-11-15(18)13-22-17(21)16(20)14-9-6-5-7-10-14/h5-7,9-10,15-16,20H,3-4,8,11-13,18H2,1-2H3.